The summed E-state index contributed by atoms with van der Waals surface area (Å²) in [5.41, 5.74) is 1.84. The second-order valence-corrected chi connectivity index (χ2v) is 8.01. The highest BCUT2D eigenvalue weighted by Gasteiger charge is 2.14. The molecule has 0 spiro atoms. The van der Waals surface area contributed by atoms with Crippen molar-refractivity contribution in [2.45, 2.75) is 24.1 Å². The smallest absolute Gasteiger partial charge is 0.261 e. The predicted octanol–water partition coefficient (Wildman–Crippen LogP) is 4.91. The minimum atomic E-state index is -0.240. The molecular formula is C20H21N3O2S2. The van der Waals surface area contributed by atoms with Crippen molar-refractivity contribution >= 4 is 34.1 Å². The van der Waals surface area contributed by atoms with Gasteiger partial charge in [-0.25, -0.2) is 0 Å². The van der Waals surface area contributed by atoms with Gasteiger partial charge < -0.3 is 4.74 Å². The van der Waals surface area contributed by atoms with Gasteiger partial charge in [-0.1, -0.05) is 65.6 Å². The highest BCUT2D eigenvalue weighted by atomic mass is 32.2. The SMILES string of the molecule is CCOc1ccccc1C(=O)Nc1nnc(SCCCc2ccccc2)s1. The Kier molecular flexibility index (Phi) is 7.24. The molecule has 140 valence electrons. The van der Waals surface area contributed by atoms with Crippen molar-refractivity contribution in [1.82, 2.24) is 10.2 Å². The first-order valence-corrected chi connectivity index (χ1v) is 10.6. The zero-order valence-electron chi connectivity index (χ0n) is 15.1. The van der Waals surface area contributed by atoms with Crippen LogP contribution in [-0.4, -0.2) is 28.5 Å². The molecule has 0 aliphatic rings. The van der Waals surface area contributed by atoms with Gasteiger partial charge >= 0.3 is 0 Å². The lowest BCUT2D eigenvalue weighted by molar-refractivity contribution is 0.102. The number of rotatable bonds is 9. The Balaban J connectivity index is 1.50. The molecule has 0 aliphatic heterocycles. The van der Waals surface area contributed by atoms with Crippen LogP contribution >= 0.6 is 23.1 Å². The Hall–Kier alpha value is -2.38. The topological polar surface area (TPSA) is 64.1 Å². The minimum Gasteiger partial charge on any atom is -0.493 e. The zero-order chi connectivity index (χ0) is 18.9. The monoisotopic (exact) mass is 399 g/mol. The van der Waals surface area contributed by atoms with Crippen molar-refractivity contribution in [3.05, 3.63) is 65.7 Å². The molecule has 1 aromatic heterocycles. The Morgan fingerprint density at radius 3 is 2.70 bits per heavy atom. The van der Waals surface area contributed by atoms with E-state index in [1.807, 2.05) is 25.1 Å². The van der Waals surface area contributed by atoms with Crippen LogP contribution in [0.5, 0.6) is 5.75 Å². The molecule has 1 N–H and O–H groups in total. The highest BCUT2D eigenvalue weighted by Crippen LogP contribution is 2.27. The number of hydrogen-bond donors (Lipinski definition) is 1. The lowest BCUT2D eigenvalue weighted by Crippen LogP contribution is -2.13. The maximum atomic E-state index is 12.5. The van der Waals surface area contributed by atoms with E-state index < -0.39 is 0 Å². The average Bonchev–Trinajstić information content (AvgIpc) is 3.14. The van der Waals surface area contributed by atoms with Gasteiger partial charge in [0.15, 0.2) is 4.34 Å². The molecule has 0 atom stereocenters. The summed E-state index contributed by atoms with van der Waals surface area (Å²) in [5.74, 6) is 1.29. The number of hydrogen-bond acceptors (Lipinski definition) is 6. The highest BCUT2D eigenvalue weighted by molar-refractivity contribution is 8.01. The fourth-order valence-electron chi connectivity index (χ4n) is 2.50. The van der Waals surface area contributed by atoms with Crippen LogP contribution in [0.25, 0.3) is 0 Å². The fraction of sp³-hybridized carbons (Fsp3) is 0.250. The number of para-hydroxylation sites is 1. The molecule has 27 heavy (non-hydrogen) atoms. The molecule has 5 nitrogen and oxygen atoms in total. The summed E-state index contributed by atoms with van der Waals surface area (Å²) >= 11 is 3.05. The van der Waals surface area contributed by atoms with Crippen LogP contribution in [0.4, 0.5) is 5.13 Å². The Labute approximate surface area is 167 Å². The van der Waals surface area contributed by atoms with Gasteiger partial charge in [0.1, 0.15) is 5.75 Å². The van der Waals surface area contributed by atoms with Crippen molar-refractivity contribution in [1.29, 1.82) is 0 Å². The van der Waals surface area contributed by atoms with Gasteiger partial charge in [0, 0.05) is 5.75 Å². The molecule has 1 heterocycles. The van der Waals surface area contributed by atoms with Crippen LogP contribution in [0.3, 0.4) is 0 Å². The van der Waals surface area contributed by atoms with Gasteiger partial charge in [-0.3, -0.25) is 10.1 Å². The van der Waals surface area contributed by atoms with E-state index in [-0.39, 0.29) is 5.91 Å². The number of amides is 1. The van der Waals surface area contributed by atoms with Gasteiger partial charge in [-0.05, 0) is 37.5 Å². The van der Waals surface area contributed by atoms with Crippen LogP contribution in [0.2, 0.25) is 0 Å². The zero-order valence-corrected chi connectivity index (χ0v) is 16.7. The molecule has 0 unspecified atom stereocenters. The Morgan fingerprint density at radius 2 is 1.89 bits per heavy atom. The molecule has 7 heteroatoms. The summed E-state index contributed by atoms with van der Waals surface area (Å²) in [6.45, 7) is 2.40. The van der Waals surface area contributed by atoms with Crippen LogP contribution < -0.4 is 10.1 Å². The number of thioether (sulfide) groups is 1. The summed E-state index contributed by atoms with van der Waals surface area (Å²) in [5, 5.41) is 11.5. The largest absolute Gasteiger partial charge is 0.493 e. The number of anilines is 1. The molecule has 0 bridgehead atoms. The van der Waals surface area contributed by atoms with E-state index in [1.165, 1.54) is 16.9 Å². The molecular weight excluding hydrogens is 378 g/mol. The van der Waals surface area contributed by atoms with Crippen molar-refractivity contribution in [2.24, 2.45) is 0 Å². The van der Waals surface area contributed by atoms with Crippen LogP contribution in [-0.2, 0) is 6.42 Å². The molecule has 0 aliphatic carbocycles. The molecule has 0 saturated heterocycles. The summed E-state index contributed by atoms with van der Waals surface area (Å²) < 4.78 is 6.36. The van der Waals surface area contributed by atoms with Crippen molar-refractivity contribution in [2.75, 3.05) is 17.7 Å². The lowest BCUT2D eigenvalue weighted by atomic mass is 10.1. The predicted molar refractivity (Wildman–Crippen MR) is 111 cm³/mol. The molecule has 3 aromatic rings. The van der Waals surface area contributed by atoms with E-state index in [1.54, 1.807) is 23.9 Å². The first-order chi connectivity index (χ1) is 13.3. The second kappa shape index (κ2) is 10.1. The third kappa shape index (κ3) is 5.80. The van der Waals surface area contributed by atoms with Crippen molar-refractivity contribution < 1.29 is 9.53 Å². The van der Waals surface area contributed by atoms with Gasteiger partial charge in [0.2, 0.25) is 5.13 Å². The van der Waals surface area contributed by atoms with Gasteiger partial charge in [-0.2, -0.15) is 0 Å². The molecule has 0 radical (unpaired) electrons. The van der Waals surface area contributed by atoms with Gasteiger partial charge in [-0.15, -0.1) is 10.2 Å². The van der Waals surface area contributed by atoms with Crippen LogP contribution in [0, 0.1) is 0 Å². The van der Waals surface area contributed by atoms with Crippen molar-refractivity contribution in [3.63, 3.8) is 0 Å². The number of carbonyl (C=O) groups excluding carboxylic acids is 1. The lowest BCUT2D eigenvalue weighted by Gasteiger charge is -2.08. The molecule has 2 aromatic carbocycles. The maximum Gasteiger partial charge on any atom is 0.261 e. The number of aromatic nitrogens is 2. The second-order valence-electron chi connectivity index (χ2n) is 5.69. The number of nitrogens with zero attached hydrogens (tertiary/aromatic N) is 2. The third-order valence-corrected chi connectivity index (χ3v) is 5.79. The van der Waals surface area contributed by atoms with E-state index >= 15 is 0 Å². The normalized spacial score (nSPS) is 10.6. The third-order valence-electron chi connectivity index (χ3n) is 3.74. The number of aryl methyl sites for hydroxylation is 1. The summed E-state index contributed by atoms with van der Waals surface area (Å²) in [4.78, 5) is 12.5. The summed E-state index contributed by atoms with van der Waals surface area (Å²) in [7, 11) is 0. The number of benzene rings is 2. The maximum absolute atomic E-state index is 12.5. The molecule has 1 amide bonds. The van der Waals surface area contributed by atoms with Crippen LogP contribution in [0.1, 0.15) is 29.3 Å². The van der Waals surface area contributed by atoms with Gasteiger partial charge in [0.05, 0.1) is 12.2 Å². The Bertz CT molecular complexity index is 868. The molecule has 0 fully saturated rings. The average molecular weight is 400 g/mol. The molecule has 0 saturated carbocycles. The van der Waals surface area contributed by atoms with E-state index in [0.717, 1.165) is 22.9 Å². The summed E-state index contributed by atoms with van der Waals surface area (Å²) in [6, 6.07) is 17.6. The molecule has 3 rings (SSSR count). The quantitative estimate of drug-likeness (QED) is 0.314. The standard InChI is InChI=1S/C20H21N3O2S2/c1-2-25-17-13-7-6-12-16(17)18(24)21-19-22-23-20(27-19)26-14-8-11-15-9-4-3-5-10-15/h3-7,9-10,12-13H,2,8,11,14H2,1H3,(H,21,22,24). The van der Waals surface area contributed by atoms with E-state index in [4.69, 9.17) is 4.74 Å². The van der Waals surface area contributed by atoms with Crippen molar-refractivity contribution in [3.8, 4) is 5.75 Å². The number of ether oxygens (including phenoxy) is 1. The Morgan fingerprint density at radius 1 is 1.11 bits per heavy atom. The van der Waals surface area contributed by atoms with E-state index in [0.29, 0.717) is 23.1 Å². The number of carbonyl (C=O) groups is 1. The summed E-state index contributed by atoms with van der Waals surface area (Å²) in [6.07, 6.45) is 2.11. The first kappa shape index (κ1) is 19.4. The fourth-order valence-corrected chi connectivity index (χ4v) is 4.26. The van der Waals surface area contributed by atoms with Crippen LogP contribution in [0.15, 0.2) is 58.9 Å². The number of nitrogens with one attached hydrogen (secondary N) is 1. The van der Waals surface area contributed by atoms with Gasteiger partial charge in [0.25, 0.3) is 5.91 Å². The first-order valence-electron chi connectivity index (χ1n) is 8.79. The van der Waals surface area contributed by atoms with E-state index in [2.05, 4.69) is 39.8 Å². The minimum absolute atomic E-state index is 0.240. The van der Waals surface area contributed by atoms with E-state index in [9.17, 15) is 4.79 Å².